The van der Waals surface area contributed by atoms with Crippen LogP contribution >= 0.6 is 0 Å². The van der Waals surface area contributed by atoms with Gasteiger partial charge in [-0.25, -0.2) is 0 Å². The molecule has 9 rings (SSSR count). The van der Waals surface area contributed by atoms with E-state index in [9.17, 15) is 0 Å². The number of aromatic nitrogens is 2. The molecule has 1 aliphatic carbocycles. The molecule has 0 saturated heterocycles. The van der Waals surface area contributed by atoms with Crippen molar-refractivity contribution in [3.8, 4) is 27.9 Å². The van der Waals surface area contributed by atoms with E-state index in [-0.39, 0.29) is 0 Å². The Morgan fingerprint density at radius 2 is 1.44 bits per heavy atom. The lowest BCUT2D eigenvalue weighted by molar-refractivity contribution is 1.18. The maximum atomic E-state index is 4.86. The molecular formula is C46H36N2. The van der Waals surface area contributed by atoms with Gasteiger partial charge in [0, 0.05) is 28.0 Å². The summed E-state index contributed by atoms with van der Waals surface area (Å²) >= 11 is 0. The lowest BCUT2D eigenvalue weighted by atomic mass is 9.90. The van der Waals surface area contributed by atoms with Gasteiger partial charge in [0.25, 0.3) is 0 Å². The molecule has 2 nitrogen and oxygen atoms in total. The van der Waals surface area contributed by atoms with Crippen molar-refractivity contribution >= 4 is 38.3 Å². The normalized spacial score (nSPS) is 12.1. The maximum absolute atomic E-state index is 4.86. The first-order valence-corrected chi connectivity index (χ1v) is 16.8. The third kappa shape index (κ3) is 4.77. The fraction of sp³-hybridized carbons (Fsp3) is 0.0652. The van der Waals surface area contributed by atoms with Crippen LogP contribution in [0.5, 0.6) is 0 Å². The zero-order valence-corrected chi connectivity index (χ0v) is 27.3. The van der Waals surface area contributed by atoms with Gasteiger partial charge < -0.3 is 4.57 Å². The number of allylic oxidation sites excluding steroid dienone is 2. The molecule has 1 aliphatic rings. The summed E-state index contributed by atoms with van der Waals surface area (Å²) in [5, 5.41) is 3.54. The number of para-hydroxylation sites is 1. The second-order valence-corrected chi connectivity index (χ2v) is 12.0. The van der Waals surface area contributed by atoms with Crippen molar-refractivity contribution in [3.63, 3.8) is 0 Å². The third-order valence-corrected chi connectivity index (χ3v) is 9.47. The minimum absolute atomic E-state index is 0.953. The molecule has 0 spiro atoms. The Kier molecular flexibility index (Phi) is 7.55. The predicted octanol–water partition coefficient (Wildman–Crippen LogP) is 12.2. The van der Waals surface area contributed by atoms with Crippen LogP contribution in [-0.2, 0) is 6.42 Å². The third-order valence-electron chi connectivity index (χ3n) is 9.47. The summed E-state index contributed by atoms with van der Waals surface area (Å²) in [6.45, 7) is 8.07. The number of fused-ring (bicyclic) bond motifs is 8. The molecule has 48 heavy (non-hydrogen) atoms. The van der Waals surface area contributed by atoms with E-state index in [1.807, 2.05) is 32.2 Å². The Morgan fingerprint density at radius 3 is 2.27 bits per heavy atom. The summed E-state index contributed by atoms with van der Waals surface area (Å²) in [5.74, 6) is 0. The summed E-state index contributed by atoms with van der Waals surface area (Å²) in [5.41, 5.74) is 16.0. The smallest absolute Gasteiger partial charge is 0.0802 e. The van der Waals surface area contributed by atoms with Crippen LogP contribution in [0.15, 0.2) is 164 Å². The molecule has 6 aromatic carbocycles. The second-order valence-electron chi connectivity index (χ2n) is 12.0. The Balaban J connectivity index is 0.00000165. The first kappa shape index (κ1) is 29.4. The van der Waals surface area contributed by atoms with Crippen molar-refractivity contribution in [2.24, 2.45) is 0 Å². The van der Waals surface area contributed by atoms with Crippen LogP contribution in [0.25, 0.3) is 66.2 Å². The average molecular weight is 617 g/mol. The van der Waals surface area contributed by atoms with E-state index in [2.05, 4.69) is 151 Å². The summed E-state index contributed by atoms with van der Waals surface area (Å²) in [6.07, 6.45) is 6.90. The lowest BCUT2D eigenvalue weighted by Gasteiger charge is -2.14. The Labute approximate surface area is 282 Å². The molecule has 0 aliphatic heterocycles. The van der Waals surface area contributed by atoms with E-state index < -0.39 is 0 Å². The van der Waals surface area contributed by atoms with Crippen molar-refractivity contribution in [1.29, 1.82) is 0 Å². The van der Waals surface area contributed by atoms with Crippen molar-refractivity contribution in [3.05, 3.63) is 187 Å². The minimum Gasteiger partial charge on any atom is -0.309 e. The van der Waals surface area contributed by atoms with E-state index in [0.717, 1.165) is 28.5 Å². The summed E-state index contributed by atoms with van der Waals surface area (Å²) in [4.78, 5) is 4.86. The summed E-state index contributed by atoms with van der Waals surface area (Å²) in [6, 6.07) is 50.4. The van der Waals surface area contributed by atoms with Crippen LogP contribution < -0.4 is 0 Å². The van der Waals surface area contributed by atoms with E-state index in [4.69, 9.17) is 4.98 Å². The van der Waals surface area contributed by atoms with E-state index in [1.165, 1.54) is 66.4 Å². The molecule has 0 N–H and O–H groups in total. The molecule has 2 aromatic heterocycles. The number of pyridine rings is 1. The minimum atomic E-state index is 0.953. The van der Waals surface area contributed by atoms with Crippen LogP contribution in [0.4, 0.5) is 0 Å². The van der Waals surface area contributed by atoms with E-state index in [0.29, 0.717) is 0 Å². The van der Waals surface area contributed by atoms with Crippen LogP contribution in [0.3, 0.4) is 0 Å². The van der Waals surface area contributed by atoms with Gasteiger partial charge in [-0.05, 0) is 92.9 Å². The largest absolute Gasteiger partial charge is 0.309 e. The van der Waals surface area contributed by atoms with Crippen molar-refractivity contribution in [2.45, 2.75) is 20.3 Å². The highest BCUT2D eigenvalue weighted by Gasteiger charge is 2.22. The highest BCUT2D eigenvalue weighted by atomic mass is 15.0. The molecule has 0 radical (unpaired) electrons. The molecule has 8 aromatic rings. The summed E-state index contributed by atoms with van der Waals surface area (Å²) in [7, 11) is 0. The van der Waals surface area contributed by atoms with Crippen molar-refractivity contribution in [2.75, 3.05) is 0 Å². The molecule has 2 heteroatoms. The van der Waals surface area contributed by atoms with Gasteiger partial charge in [0.1, 0.15) is 0 Å². The average Bonchev–Trinajstić information content (AvgIpc) is 3.71. The van der Waals surface area contributed by atoms with Gasteiger partial charge in [0.2, 0.25) is 0 Å². The first-order valence-electron chi connectivity index (χ1n) is 16.8. The van der Waals surface area contributed by atoms with Gasteiger partial charge in [-0.15, -0.1) is 0 Å². The van der Waals surface area contributed by atoms with Crippen LogP contribution in [0.2, 0.25) is 0 Å². The SMILES string of the molecule is C=C/C=C(/c1ccc(-c2ccc3c(c2)c2c4ncccc4ccc2n3-c2ccccc2)cc1)c1cccc2c1Cc1ccccc1-2.CC. The zero-order chi connectivity index (χ0) is 32.6. The number of hydrogen-bond donors (Lipinski definition) is 0. The number of benzene rings is 6. The number of rotatable bonds is 5. The van der Waals surface area contributed by atoms with Gasteiger partial charge in [-0.2, -0.15) is 0 Å². The molecule has 0 saturated carbocycles. The first-order chi connectivity index (χ1) is 23.8. The molecule has 0 bridgehead atoms. The molecule has 2 heterocycles. The zero-order valence-electron chi connectivity index (χ0n) is 27.3. The van der Waals surface area contributed by atoms with E-state index in [1.54, 1.807) is 0 Å². The quantitative estimate of drug-likeness (QED) is 0.176. The fourth-order valence-corrected chi connectivity index (χ4v) is 7.39. The highest BCUT2D eigenvalue weighted by molar-refractivity contribution is 6.20. The van der Waals surface area contributed by atoms with Crippen LogP contribution in [-0.4, -0.2) is 9.55 Å². The second kappa shape index (κ2) is 12.3. The van der Waals surface area contributed by atoms with Gasteiger partial charge in [0.15, 0.2) is 0 Å². The van der Waals surface area contributed by atoms with E-state index >= 15 is 0 Å². The van der Waals surface area contributed by atoms with Gasteiger partial charge in [-0.3, -0.25) is 4.98 Å². The number of nitrogens with zero attached hydrogens (tertiary/aromatic N) is 2. The van der Waals surface area contributed by atoms with Gasteiger partial charge in [-0.1, -0.05) is 136 Å². The summed E-state index contributed by atoms with van der Waals surface area (Å²) < 4.78 is 2.36. The topological polar surface area (TPSA) is 17.8 Å². The Morgan fingerprint density at radius 1 is 0.688 bits per heavy atom. The Hall–Kier alpha value is -5.99. The molecule has 0 atom stereocenters. The monoisotopic (exact) mass is 616 g/mol. The molecule has 230 valence electrons. The predicted molar refractivity (Wildman–Crippen MR) is 205 cm³/mol. The molecular weight excluding hydrogens is 581 g/mol. The van der Waals surface area contributed by atoms with Crippen molar-refractivity contribution < 1.29 is 0 Å². The molecule has 0 unspecified atom stereocenters. The van der Waals surface area contributed by atoms with Crippen molar-refractivity contribution in [1.82, 2.24) is 9.55 Å². The Bertz CT molecular complexity index is 2500. The molecule has 0 amide bonds. The van der Waals surface area contributed by atoms with Gasteiger partial charge >= 0.3 is 0 Å². The van der Waals surface area contributed by atoms with Gasteiger partial charge in [0.05, 0.1) is 16.6 Å². The number of hydrogen-bond acceptors (Lipinski definition) is 1. The standard InChI is InChI=1S/C44H30N2.C2H6/c1-2-10-35(37-16-8-17-38-36-15-7-6-11-33(36)28-39(37)38)30-20-18-29(19-21-30)32-23-24-41-40(27-32)43-42(46(41)34-13-4-3-5-14-34)25-22-31-12-9-26-45-44(31)43;1-2/h2-27H,1,28H2;1-2H3/b35-10-;. The molecule has 0 fully saturated rings. The lowest BCUT2D eigenvalue weighted by Crippen LogP contribution is -1.95. The van der Waals surface area contributed by atoms with Crippen LogP contribution in [0.1, 0.15) is 36.1 Å². The maximum Gasteiger partial charge on any atom is 0.0802 e. The fourth-order valence-electron chi connectivity index (χ4n) is 7.39. The highest BCUT2D eigenvalue weighted by Crippen LogP contribution is 2.42. The van der Waals surface area contributed by atoms with Crippen LogP contribution in [0, 0.1) is 0 Å².